The summed E-state index contributed by atoms with van der Waals surface area (Å²) in [5.41, 5.74) is 0.0111. The fourth-order valence-electron chi connectivity index (χ4n) is 3.80. The van der Waals surface area contributed by atoms with Gasteiger partial charge in [0.2, 0.25) is 15.9 Å². The second-order valence-corrected chi connectivity index (χ2v) is 9.98. The van der Waals surface area contributed by atoms with Gasteiger partial charge in [0, 0.05) is 36.3 Å². The van der Waals surface area contributed by atoms with E-state index >= 15 is 0 Å². The van der Waals surface area contributed by atoms with Crippen LogP contribution in [0.5, 0.6) is 5.88 Å². The molecule has 0 bridgehead atoms. The normalized spacial score (nSPS) is 12.1. The highest BCUT2D eigenvalue weighted by molar-refractivity contribution is 7.89. The Balaban J connectivity index is 1.93. The molecule has 180 valence electrons. The van der Waals surface area contributed by atoms with Gasteiger partial charge in [-0.3, -0.25) is 4.79 Å². The third-order valence-electron chi connectivity index (χ3n) is 5.56. The molecule has 0 unspecified atom stereocenters. The quantitative estimate of drug-likeness (QED) is 0.368. The molecule has 0 saturated carbocycles. The Kier molecular flexibility index (Phi) is 7.02. The minimum atomic E-state index is -3.77. The number of nitrogens with zero attached hydrogens (tertiary/aromatic N) is 4. The number of benzene rings is 2. The molecule has 0 aliphatic heterocycles. The molecular weight excluding hydrogens is 488 g/mol. The number of fused-ring (bicyclic) bond motifs is 1. The standard InChI is InChI=1S/C25H23ClN4O4S/c1-3-29(4-2)35(33,34)19-9-7-8-18(14-19)30-24(31)21-11-6-5-10-20(21)22(25(30)32)16-28-23-13-12-17(26)15-27-23/h5-16,32H,3-4H2,1-2H3. The van der Waals surface area contributed by atoms with E-state index in [1.807, 2.05) is 0 Å². The third-order valence-corrected chi connectivity index (χ3v) is 7.83. The van der Waals surface area contributed by atoms with Crippen LogP contribution >= 0.6 is 11.6 Å². The van der Waals surface area contributed by atoms with Crippen molar-refractivity contribution in [2.75, 3.05) is 13.1 Å². The van der Waals surface area contributed by atoms with E-state index in [9.17, 15) is 18.3 Å². The number of hydrogen-bond donors (Lipinski definition) is 1. The lowest BCUT2D eigenvalue weighted by Gasteiger charge is -2.19. The van der Waals surface area contributed by atoms with Crippen LogP contribution in [0.15, 0.2) is 81.5 Å². The Morgan fingerprint density at radius 1 is 1.06 bits per heavy atom. The van der Waals surface area contributed by atoms with Gasteiger partial charge in [-0.15, -0.1) is 0 Å². The van der Waals surface area contributed by atoms with Crippen molar-refractivity contribution in [3.05, 3.63) is 87.8 Å². The third kappa shape index (κ3) is 4.70. The first kappa shape index (κ1) is 24.6. The van der Waals surface area contributed by atoms with Crippen molar-refractivity contribution in [3.8, 4) is 11.6 Å². The molecule has 0 saturated heterocycles. The van der Waals surface area contributed by atoms with Gasteiger partial charge >= 0.3 is 0 Å². The number of halogens is 1. The lowest BCUT2D eigenvalue weighted by molar-refractivity contribution is 0.435. The molecule has 2 aromatic carbocycles. The highest BCUT2D eigenvalue weighted by Crippen LogP contribution is 2.28. The van der Waals surface area contributed by atoms with Gasteiger partial charge in [-0.2, -0.15) is 4.31 Å². The van der Waals surface area contributed by atoms with E-state index in [1.54, 1.807) is 56.3 Å². The molecule has 0 radical (unpaired) electrons. The molecule has 2 aromatic heterocycles. The van der Waals surface area contributed by atoms with E-state index in [1.165, 1.54) is 34.9 Å². The Morgan fingerprint density at radius 2 is 1.77 bits per heavy atom. The summed E-state index contributed by atoms with van der Waals surface area (Å²) in [6, 6.07) is 16.0. The topological polar surface area (TPSA) is 105 Å². The van der Waals surface area contributed by atoms with E-state index < -0.39 is 15.6 Å². The molecule has 0 aliphatic carbocycles. The Morgan fingerprint density at radius 3 is 2.43 bits per heavy atom. The first-order valence-corrected chi connectivity index (χ1v) is 12.7. The van der Waals surface area contributed by atoms with Gasteiger partial charge < -0.3 is 5.11 Å². The Hall–Kier alpha value is -3.53. The SMILES string of the molecule is CCN(CC)S(=O)(=O)c1cccc(-n2c(O)c(C=Nc3ccc(Cl)cn3)c3ccccc3c2=O)c1. The minimum Gasteiger partial charge on any atom is -0.494 e. The molecule has 8 nitrogen and oxygen atoms in total. The molecule has 4 aromatic rings. The van der Waals surface area contributed by atoms with E-state index in [4.69, 9.17) is 11.6 Å². The van der Waals surface area contributed by atoms with Gasteiger partial charge in [0.15, 0.2) is 5.82 Å². The van der Waals surface area contributed by atoms with Crippen molar-refractivity contribution in [1.29, 1.82) is 0 Å². The van der Waals surface area contributed by atoms with E-state index in [0.717, 1.165) is 4.57 Å². The number of sulfonamides is 1. The smallest absolute Gasteiger partial charge is 0.265 e. The fraction of sp³-hybridized carbons (Fsp3) is 0.160. The van der Waals surface area contributed by atoms with Gasteiger partial charge in [0.05, 0.1) is 21.2 Å². The monoisotopic (exact) mass is 510 g/mol. The van der Waals surface area contributed by atoms with Gasteiger partial charge in [0.25, 0.3) is 5.56 Å². The fourth-order valence-corrected chi connectivity index (χ4v) is 5.41. The molecule has 1 N–H and O–H groups in total. The van der Waals surface area contributed by atoms with Crippen LogP contribution < -0.4 is 5.56 Å². The van der Waals surface area contributed by atoms with Gasteiger partial charge in [-0.1, -0.05) is 49.7 Å². The Labute approximate surface area is 207 Å². The summed E-state index contributed by atoms with van der Waals surface area (Å²) in [4.78, 5) is 21.9. The molecule has 35 heavy (non-hydrogen) atoms. The van der Waals surface area contributed by atoms with E-state index in [0.29, 0.717) is 34.7 Å². The molecule has 0 spiro atoms. The average Bonchev–Trinajstić information content (AvgIpc) is 2.86. The molecule has 10 heteroatoms. The van der Waals surface area contributed by atoms with Gasteiger partial charge in [-0.25, -0.2) is 23.0 Å². The van der Waals surface area contributed by atoms with Crippen molar-refractivity contribution >= 4 is 44.4 Å². The van der Waals surface area contributed by atoms with Crippen molar-refractivity contribution in [1.82, 2.24) is 13.9 Å². The number of pyridine rings is 2. The number of aromatic nitrogens is 2. The molecule has 4 rings (SSSR count). The summed E-state index contributed by atoms with van der Waals surface area (Å²) < 4.78 is 28.5. The van der Waals surface area contributed by atoms with Crippen LogP contribution in [0.2, 0.25) is 5.02 Å². The maximum Gasteiger partial charge on any atom is 0.265 e. The predicted molar refractivity (Wildman–Crippen MR) is 138 cm³/mol. The largest absolute Gasteiger partial charge is 0.494 e. The maximum atomic E-state index is 13.4. The summed E-state index contributed by atoms with van der Waals surface area (Å²) in [6.07, 6.45) is 2.87. The zero-order chi connectivity index (χ0) is 25.2. The lowest BCUT2D eigenvalue weighted by atomic mass is 10.1. The molecular formula is C25H23ClN4O4S. The van der Waals surface area contributed by atoms with Crippen molar-refractivity contribution in [2.45, 2.75) is 18.7 Å². The van der Waals surface area contributed by atoms with Crippen molar-refractivity contribution in [2.24, 2.45) is 4.99 Å². The van der Waals surface area contributed by atoms with Crippen LogP contribution in [0.1, 0.15) is 19.4 Å². The summed E-state index contributed by atoms with van der Waals surface area (Å²) in [5, 5.41) is 12.5. The minimum absolute atomic E-state index is 0.0266. The lowest BCUT2D eigenvalue weighted by Crippen LogP contribution is -2.30. The first-order chi connectivity index (χ1) is 16.8. The van der Waals surface area contributed by atoms with E-state index in [2.05, 4.69) is 9.98 Å². The highest BCUT2D eigenvalue weighted by Gasteiger charge is 2.23. The van der Waals surface area contributed by atoms with Crippen LogP contribution in [0, 0.1) is 0 Å². The Bertz CT molecular complexity index is 1580. The summed E-state index contributed by atoms with van der Waals surface area (Å²) in [6.45, 7) is 4.13. The second kappa shape index (κ2) is 9.99. The maximum absolute atomic E-state index is 13.4. The number of hydrogen-bond acceptors (Lipinski definition) is 6. The highest BCUT2D eigenvalue weighted by atomic mass is 35.5. The van der Waals surface area contributed by atoms with Crippen molar-refractivity contribution < 1.29 is 13.5 Å². The number of rotatable bonds is 7. The van der Waals surface area contributed by atoms with Gasteiger partial charge in [-0.05, 0) is 36.4 Å². The zero-order valence-corrected chi connectivity index (χ0v) is 20.7. The summed E-state index contributed by atoms with van der Waals surface area (Å²) in [5.74, 6) is -0.00764. The van der Waals surface area contributed by atoms with Crippen LogP contribution in [0.3, 0.4) is 0 Å². The van der Waals surface area contributed by atoms with Crippen LogP contribution in [-0.4, -0.2) is 46.7 Å². The molecule has 0 amide bonds. The molecule has 2 heterocycles. The number of aromatic hydroxyl groups is 1. The first-order valence-electron chi connectivity index (χ1n) is 10.9. The predicted octanol–water partition coefficient (Wildman–Crippen LogP) is 4.53. The van der Waals surface area contributed by atoms with Crippen molar-refractivity contribution in [3.63, 3.8) is 0 Å². The van der Waals surface area contributed by atoms with Crippen LogP contribution in [0.25, 0.3) is 16.5 Å². The summed E-state index contributed by atoms with van der Waals surface area (Å²) in [7, 11) is -3.77. The average molecular weight is 511 g/mol. The molecule has 0 fully saturated rings. The van der Waals surface area contributed by atoms with E-state index in [-0.39, 0.29) is 22.0 Å². The van der Waals surface area contributed by atoms with Gasteiger partial charge in [0.1, 0.15) is 0 Å². The van der Waals surface area contributed by atoms with Crippen LogP contribution in [0.4, 0.5) is 5.82 Å². The summed E-state index contributed by atoms with van der Waals surface area (Å²) >= 11 is 5.88. The van der Waals surface area contributed by atoms with Crippen LogP contribution in [-0.2, 0) is 10.0 Å². The molecule has 0 atom stereocenters. The second-order valence-electron chi connectivity index (χ2n) is 7.60. The zero-order valence-electron chi connectivity index (χ0n) is 19.1. The molecule has 0 aliphatic rings. The number of aliphatic imine (C=N–C) groups is 1.